The number of hydrogen-bond donors (Lipinski definition) is 2. The number of ether oxygens (including phenoxy) is 1. The number of nitrogens with one attached hydrogen (secondary N) is 1. The summed E-state index contributed by atoms with van der Waals surface area (Å²) in [7, 11) is 0. The Morgan fingerprint density at radius 2 is 1.84 bits per heavy atom. The van der Waals surface area contributed by atoms with Crippen LogP contribution < -0.4 is 5.32 Å². The first-order valence-corrected chi connectivity index (χ1v) is 8.52. The summed E-state index contributed by atoms with van der Waals surface area (Å²) in [5.74, 6) is -0.178. The number of pyridine rings is 1. The first-order chi connectivity index (χ1) is 12.2. The molecule has 0 bridgehead atoms. The topological polar surface area (TPSA) is 74.7 Å². The van der Waals surface area contributed by atoms with Crippen molar-refractivity contribution < 1.29 is 14.6 Å². The SMILES string of the molecule is O=C(Nc1ccc(C(O)CCN2CCOCC2)cc1)c1ccncc1. The molecule has 2 N–H and O–H groups in total. The van der Waals surface area contributed by atoms with Crippen molar-refractivity contribution in [2.75, 3.05) is 38.2 Å². The van der Waals surface area contributed by atoms with Crippen LogP contribution in [0.3, 0.4) is 0 Å². The van der Waals surface area contributed by atoms with Gasteiger partial charge < -0.3 is 15.2 Å². The zero-order valence-corrected chi connectivity index (χ0v) is 14.1. The maximum absolute atomic E-state index is 12.1. The van der Waals surface area contributed by atoms with Crippen LogP contribution >= 0.6 is 0 Å². The third kappa shape index (κ3) is 5.09. The Morgan fingerprint density at radius 1 is 1.16 bits per heavy atom. The monoisotopic (exact) mass is 341 g/mol. The number of nitrogens with zero attached hydrogens (tertiary/aromatic N) is 2. The van der Waals surface area contributed by atoms with Gasteiger partial charge in [0.05, 0.1) is 19.3 Å². The molecule has 0 saturated carbocycles. The van der Waals surface area contributed by atoms with Crippen molar-refractivity contribution in [2.45, 2.75) is 12.5 Å². The third-order valence-corrected chi connectivity index (χ3v) is 4.32. The van der Waals surface area contributed by atoms with Crippen LogP contribution in [0, 0.1) is 0 Å². The fourth-order valence-corrected chi connectivity index (χ4v) is 2.79. The van der Waals surface area contributed by atoms with Gasteiger partial charge in [0.2, 0.25) is 0 Å². The zero-order chi connectivity index (χ0) is 17.5. The second-order valence-electron chi connectivity index (χ2n) is 6.07. The largest absolute Gasteiger partial charge is 0.388 e. The van der Waals surface area contributed by atoms with E-state index in [0.29, 0.717) is 17.7 Å². The molecule has 1 unspecified atom stereocenters. The minimum absolute atomic E-state index is 0.178. The van der Waals surface area contributed by atoms with Gasteiger partial charge in [0.15, 0.2) is 0 Å². The van der Waals surface area contributed by atoms with Crippen LogP contribution in [0.1, 0.15) is 28.4 Å². The number of carbonyl (C=O) groups is 1. The number of aromatic nitrogens is 1. The Hall–Kier alpha value is -2.28. The van der Waals surface area contributed by atoms with Crippen LogP contribution in [0.2, 0.25) is 0 Å². The molecule has 132 valence electrons. The quantitative estimate of drug-likeness (QED) is 0.841. The Balaban J connectivity index is 1.51. The van der Waals surface area contributed by atoms with E-state index in [2.05, 4.69) is 15.2 Å². The highest BCUT2D eigenvalue weighted by atomic mass is 16.5. The lowest BCUT2D eigenvalue weighted by Crippen LogP contribution is -2.37. The molecule has 1 aromatic carbocycles. The second-order valence-corrected chi connectivity index (χ2v) is 6.07. The maximum atomic E-state index is 12.1. The van der Waals surface area contributed by atoms with Crippen molar-refractivity contribution in [1.82, 2.24) is 9.88 Å². The van der Waals surface area contributed by atoms with Crippen LogP contribution in [0.25, 0.3) is 0 Å². The van der Waals surface area contributed by atoms with E-state index in [0.717, 1.165) is 38.4 Å². The number of rotatable bonds is 6. The summed E-state index contributed by atoms with van der Waals surface area (Å²) in [6.07, 6.45) is 3.35. The number of amides is 1. The predicted octanol–water partition coefficient (Wildman–Crippen LogP) is 2.09. The van der Waals surface area contributed by atoms with Gasteiger partial charge >= 0.3 is 0 Å². The van der Waals surface area contributed by atoms with E-state index in [1.165, 1.54) is 0 Å². The summed E-state index contributed by atoms with van der Waals surface area (Å²) in [5.41, 5.74) is 2.12. The lowest BCUT2D eigenvalue weighted by atomic mass is 10.1. The summed E-state index contributed by atoms with van der Waals surface area (Å²) >= 11 is 0. The van der Waals surface area contributed by atoms with E-state index in [9.17, 15) is 9.90 Å². The molecule has 6 nitrogen and oxygen atoms in total. The highest BCUT2D eigenvalue weighted by molar-refractivity contribution is 6.04. The molecule has 25 heavy (non-hydrogen) atoms. The molecule has 3 rings (SSSR count). The Morgan fingerprint density at radius 3 is 2.52 bits per heavy atom. The minimum Gasteiger partial charge on any atom is -0.388 e. The van der Waals surface area contributed by atoms with E-state index in [-0.39, 0.29) is 5.91 Å². The minimum atomic E-state index is -0.507. The third-order valence-electron chi connectivity index (χ3n) is 4.32. The molecule has 1 aliphatic rings. The molecule has 1 amide bonds. The highest BCUT2D eigenvalue weighted by Crippen LogP contribution is 2.20. The fourth-order valence-electron chi connectivity index (χ4n) is 2.79. The molecule has 1 aliphatic heterocycles. The fraction of sp³-hybridized carbons (Fsp3) is 0.368. The second kappa shape index (κ2) is 8.71. The summed E-state index contributed by atoms with van der Waals surface area (Å²) in [6, 6.07) is 10.7. The molecule has 0 aliphatic carbocycles. The summed E-state index contributed by atoms with van der Waals surface area (Å²) in [4.78, 5) is 18.3. The molecule has 1 aromatic heterocycles. The van der Waals surface area contributed by atoms with Crippen LogP contribution in [0.5, 0.6) is 0 Å². The number of hydrogen-bond acceptors (Lipinski definition) is 5. The zero-order valence-electron chi connectivity index (χ0n) is 14.1. The van der Waals surface area contributed by atoms with Crippen molar-refractivity contribution >= 4 is 11.6 Å². The Kier molecular flexibility index (Phi) is 6.11. The molecular weight excluding hydrogens is 318 g/mol. The molecule has 2 heterocycles. The summed E-state index contributed by atoms with van der Waals surface area (Å²) in [6.45, 7) is 4.23. The predicted molar refractivity (Wildman–Crippen MR) is 95.5 cm³/mol. The normalized spacial score (nSPS) is 16.4. The van der Waals surface area contributed by atoms with E-state index in [1.807, 2.05) is 24.3 Å². The summed E-state index contributed by atoms with van der Waals surface area (Å²) < 4.78 is 5.33. The van der Waals surface area contributed by atoms with Crippen molar-refractivity contribution in [2.24, 2.45) is 0 Å². The van der Waals surface area contributed by atoms with Crippen molar-refractivity contribution in [1.29, 1.82) is 0 Å². The smallest absolute Gasteiger partial charge is 0.255 e. The van der Waals surface area contributed by atoms with Crippen LogP contribution in [0.4, 0.5) is 5.69 Å². The number of anilines is 1. The maximum Gasteiger partial charge on any atom is 0.255 e. The highest BCUT2D eigenvalue weighted by Gasteiger charge is 2.14. The average molecular weight is 341 g/mol. The molecule has 2 aromatic rings. The summed E-state index contributed by atoms with van der Waals surface area (Å²) in [5, 5.41) is 13.2. The van der Waals surface area contributed by atoms with E-state index >= 15 is 0 Å². The van der Waals surface area contributed by atoms with Gasteiger partial charge in [0.25, 0.3) is 5.91 Å². The lowest BCUT2D eigenvalue weighted by Gasteiger charge is -2.27. The molecular formula is C19H23N3O3. The van der Waals surface area contributed by atoms with Gasteiger partial charge in [-0.15, -0.1) is 0 Å². The number of morpholine rings is 1. The van der Waals surface area contributed by atoms with Crippen LogP contribution in [-0.4, -0.2) is 53.7 Å². The van der Waals surface area contributed by atoms with E-state index < -0.39 is 6.10 Å². The standard InChI is InChI=1S/C19H23N3O3/c23-18(7-10-22-11-13-25-14-12-22)15-1-3-17(4-2-15)21-19(24)16-5-8-20-9-6-16/h1-6,8-9,18,23H,7,10-14H2,(H,21,24). The molecule has 1 atom stereocenters. The van der Waals surface area contributed by atoms with Gasteiger partial charge in [0.1, 0.15) is 0 Å². The van der Waals surface area contributed by atoms with Gasteiger partial charge in [-0.2, -0.15) is 0 Å². The lowest BCUT2D eigenvalue weighted by molar-refractivity contribution is 0.0300. The van der Waals surface area contributed by atoms with Gasteiger partial charge in [-0.1, -0.05) is 12.1 Å². The van der Waals surface area contributed by atoms with Gasteiger partial charge in [-0.05, 0) is 36.2 Å². The van der Waals surface area contributed by atoms with E-state index in [1.54, 1.807) is 24.5 Å². The first-order valence-electron chi connectivity index (χ1n) is 8.52. The van der Waals surface area contributed by atoms with Crippen molar-refractivity contribution in [3.05, 3.63) is 59.9 Å². The molecule has 1 saturated heterocycles. The van der Waals surface area contributed by atoms with Gasteiger partial charge in [-0.25, -0.2) is 0 Å². The van der Waals surface area contributed by atoms with Gasteiger partial charge in [-0.3, -0.25) is 14.7 Å². The molecule has 6 heteroatoms. The van der Waals surface area contributed by atoms with Crippen LogP contribution in [-0.2, 0) is 4.74 Å². The average Bonchev–Trinajstić information content (AvgIpc) is 2.68. The first kappa shape index (κ1) is 17.5. The molecule has 0 spiro atoms. The number of carbonyl (C=O) groups excluding carboxylic acids is 1. The number of benzene rings is 1. The Bertz CT molecular complexity index is 670. The molecule has 1 fully saturated rings. The van der Waals surface area contributed by atoms with E-state index in [4.69, 9.17) is 4.74 Å². The van der Waals surface area contributed by atoms with Gasteiger partial charge in [0, 0.05) is 43.3 Å². The Labute approximate surface area is 147 Å². The van der Waals surface area contributed by atoms with Crippen LogP contribution in [0.15, 0.2) is 48.8 Å². The van der Waals surface area contributed by atoms with Crippen molar-refractivity contribution in [3.8, 4) is 0 Å². The number of aliphatic hydroxyl groups is 1. The molecule has 0 radical (unpaired) electrons. The number of aliphatic hydroxyl groups excluding tert-OH is 1. The van der Waals surface area contributed by atoms with Crippen molar-refractivity contribution in [3.63, 3.8) is 0 Å².